The van der Waals surface area contributed by atoms with Crippen molar-refractivity contribution in [3.8, 4) is 0 Å². The lowest BCUT2D eigenvalue weighted by Crippen LogP contribution is -2.24. The van der Waals surface area contributed by atoms with Crippen LogP contribution < -0.4 is 5.73 Å². The highest BCUT2D eigenvalue weighted by molar-refractivity contribution is 9.10. The van der Waals surface area contributed by atoms with Crippen molar-refractivity contribution in [2.75, 3.05) is 5.75 Å². The number of benzene rings is 1. The standard InChI is InChI=1S/C9H10BrNO2S/c10-6-1-2-9-7(5-6)8(11)3-4-14(9,12)13/h1-2,5,8H,3-4,11H2. The Kier molecular flexibility index (Phi) is 2.41. The van der Waals surface area contributed by atoms with E-state index in [2.05, 4.69) is 15.9 Å². The third-order valence-corrected chi connectivity index (χ3v) is 4.71. The summed E-state index contributed by atoms with van der Waals surface area (Å²) >= 11 is 3.31. The van der Waals surface area contributed by atoms with Gasteiger partial charge in [-0.15, -0.1) is 0 Å². The van der Waals surface area contributed by atoms with Crippen LogP contribution in [-0.2, 0) is 9.84 Å². The minimum Gasteiger partial charge on any atom is -0.324 e. The first-order valence-corrected chi connectivity index (χ1v) is 6.73. The molecule has 1 atom stereocenters. The molecule has 3 nitrogen and oxygen atoms in total. The third kappa shape index (κ3) is 1.60. The van der Waals surface area contributed by atoms with Crippen molar-refractivity contribution in [2.24, 2.45) is 5.73 Å². The summed E-state index contributed by atoms with van der Waals surface area (Å²) in [6.07, 6.45) is 0.506. The predicted molar refractivity (Wildman–Crippen MR) is 57.7 cm³/mol. The number of fused-ring (bicyclic) bond motifs is 1. The van der Waals surface area contributed by atoms with Gasteiger partial charge in [0.05, 0.1) is 10.6 Å². The highest BCUT2D eigenvalue weighted by atomic mass is 79.9. The van der Waals surface area contributed by atoms with Gasteiger partial charge in [-0.1, -0.05) is 15.9 Å². The highest BCUT2D eigenvalue weighted by Gasteiger charge is 2.28. The maximum atomic E-state index is 11.7. The van der Waals surface area contributed by atoms with Crippen LogP contribution in [0.1, 0.15) is 18.0 Å². The number of halogens is 1. The van der Waals surface area contributed by atoms with Gasteiger partial charge < -0.3 is 5.73 Å². The fourth-order valence-electron chi connectivity index (χ4n) is 1.64. The molecule has 0 bridgehead atoms. The smallest absolute Gasteiger partial charge is 0.178 e. The lowest BCUT2D eigenvalue weighted by Gasteiger charge is -2.22. The van der Waals surface area contributed by atoms with Gasteiger partial charge in [0.15, 0.2) is 9.84 Å². The number of nitrogens with two attached hydrogens (primary N) is 1. The zero-order valence-electron chi connectivity index (χ0n) is 7.40. The van der Waals surface area contributed by atoms with Crippen molar-refractivity contribution in [3.63, 3.8) is 0 Å². The Balaban J connectivity index is 2.69. The van der Waals surface area contributed by atoms with E-state index < -0.39 is 9.84 Å². The molecule has 2 rings (SSSR count). The molecule has 0 aliphatic carbocycles. The van der Waals surface area contributed by atoms with Crippen LogP contribution in [-0.4, -0.2) is 14.2 Å². The molecule has 0 aromatic heterocycles. The van der Waals surface area contributed by atoms with Gasteiger partial charge in [0.1, 0.15) is 0 Å². The summed E-state index contributed by atoms with van der Waals surface area (Å²) in [6.45, 7) is 0. The van der Waals surface area contributed by atoms with E-state index in [0.29, 0.717) is 11.3 Å². The van der Waals surface area contributed by atoms with Crippen LogP contribution in [0.25, 0.3) is 0 Å². The van der Waals surface area contributed by atoms with E-state index in [1.165, 1.54) is 0 Å². The molecule has 14 heavy (non-hydrogen) atoms. The van der Waals surface area contributed by atoms with Crippen molar-refractivity contribution in [1.29, 1.82) is 0 Å². The molecule has 1 aromatic carbocycles. The average molecular weight is 276 g/mol. The molecule has 0 saturated heterocycles. The van der Waals surface area contributed by atoms with Gasteiger partial charge in [-0.05, 0) is 30.2 Å². The van der Waals surface area contributed by atoms with Crippen molar-refractivity contribution < 1.29 is 8.42 Å². The molecule has 2 N–H and O–H groups in total. The van der Waals surface area contributed by atoms with E-state index in [0.717, 1.165) is 10.0 Å². The van der Waals surface area contributed by atoms with Gasteiger partial charge in [0.2, 0.25) is 0 Å². The van der Waals surface area contributed by atoms with Crippen molar-refractivity contribution >= 4 is 25.8 Å². The van der Waals surface area contributed by atoms with Crippen LogP contribution in [0.4, 0.5) is 0 Å². The SMILES string of the molecule is NC1CCS(=O)(=O)c2ccc(Br)cc21. The lowest BCUT2D eigenvalue weighted by molar-refractivity contribution is 0.568. The number of sulfone groups is 1. The molecule has 0 fully saturated rings. The largest absolute Gasteiger partial charge is 0.324 e. The van der Waals surface area contributed by atoms with E-state index in [1.807, 2.05) is 0 Å². The second kappa shape index (κ2) is 3.32. The molecular formula is C9H10BrNO2S. The lowest BCUT2D eigenvalue weighted by atomic mass is 10.1. The maximum absolute atomic E-state index is 11.7. The van der Waals surface area contributed by atoms with Crippen molar-refractivity contribution in [2.45, 2.75) is 17.4 Å². The molecule has 1 heterocycles. The minimum absolute atomic E-state index is 0.156. The monoisotopic (exact) mass is 275 g/mol. The molecule has 1 aliphatic heterocycles. The van der Waals surface area contributed by atoms with Crippen LogP contribution in [0.15, 0.2) is 27.6 Å². The summed E-state index contributed by atoms with van der Waals surface area (Å²) in [5.74, 6) is 0.156. The highest BCUT2D eigenvalue weighted by Crippen LogP contribution is 2.32. The third-order valence-electron chi connectivity index (χ3n) is 2.40. The van der Waals surface area contributed by atoms with Gasteiger partial charge in [0.25, 0.3) is 0 Å². The first-order valence-electron chi connectivity index (χ1n) is 4.28. The Morgan fingerprint density at radius 1 is 1.43 bits per heavy atom. The number of hydrogen-bond acceptors (Lipinski definition) is 3. The van der Waals surface area contributed by atoms with Gasteiger partial charge in [-0.2, -0.15) is 0 Å². The molecule has 5 heteroatoms. The van der Waals surface area contributed by atoms with Crippen molar-refractivity contribution in [3.05, 3.63) is 28.2 Å². The fourth-order valence-corrected chi connectivity index (χ4v) is 3.65. The van der Waals surface area contributed by atoms with Crippen LogP contribution in [0.5, 0.6) is 0 Å². The molecule has 0 spiro atoms. The van der Waals surface area contributed by atoms with Gasteiger partial charge in [0, 0.05) is 10.5 Å². The molecule has 0 radical (unpaired) electrons. The predicted octanol–water partition coefficient (Wildman–Crippen LogP) is 1.63. The minimum atomic E-state index is -3.09. The van der Waals surface area contributed by atoms with E-state index in [4.69, 9.17) is 5.73 Å². The second-order valence-corrected chi connectivity index (χ2v) is 6.39. The summed E-state index contributed by atoms with van der Waals surface area (Å²) < 4.78 is 24.2. The first-order chi connectivity index (χ1) is 6.50. The number of hydrogen-bond donors (Lipinski definition) is 1. The molecular weight excluding hydrogens is 266 g/mol. The normalized spacial score (nSPS) is 24.3. The number of rotatable bonds is 0. The zero-order valence-corrected chi connectivity index (χ0v) is 9.81. The molecule has 1 unspecified atom stereocenters. The summed E-state index contributed by atoms with van der Waals surface area (Å²) in [7, 11) is -3.09. The molecule has 0 amide bonds. The van der Waals surface area contributed by atoms with Crippen LogP contribution in [0, 0.1) is 0 Å². The molecule has 0 saturated carbocycles. The Labute approximate surface area is 91.4 Å². The Hall–Kier alpha value is -0.390. The van der Waals surface area contributed by atoms with E-state index >= 15 is 0 Å². The van der Waals surface area contributed by atoms with E-state index in [1.54, 1.807) is 18.2 Å². The van der Waals surface area contributed by atoms with Gasteiger partial charge >= 0.3 is 0 Å². The summed E-state index contributed by atoms with van der Waals surface area (Å²) in [4.78, 5) is 0.388. The molecule has 76 valence electrons. The van der Waals surface area contributed by atoms with Crippen molar-refractivity contribution in [1.82, 2.24) is 0 Å². The summed E-state index contributed by atoms with van der Waals surface area (Å²) in [5, 5.41) is 0. The Morgan fingerprint density at radius 3 is 2.86 bits per heavy atom. The van der Waals surface area contributed by atoms with Crippen LogP contribution >= 0.6 is 15.9 Å². The van der Waals surface area contributed by atoms with Crippen LogP contribution in [0.3, 0.4) is 0 Å². The van der Waals surface area contributed by atoms with Gasteiger partial charge in [-0.25, -0.2) is 8.42 Å². The van der Waals surface area contributed by atoms with E-state index in [-0.39, 0.29) is 11.8 Å². The Morgan fingerprint density at radius 2 is 2.14 bits per heavy atom. The van der Waals surface area contributed by atoms with Crippen LogP contribution in [0.2, 0.25) is 0 Å². The topological polar surface area (TPSA) is 60.2 Å². The summed E-state index contributed by atoms with van der Waals surface area (Å²) in [5.41, 5.74) is 6.58. The average Bonchev–Trinajstić information content (AvgIpc) is 2.12. The maximum Gasteiger partial charge on any atom is 0.178 e. The zero-order chi connectivity index (χ0) is 10.3. The quantitative estimate of drug-likeness (QED) is 0.783. The fraction of sp³-hybridized carbons (Fsp3) is 0.333. The van der Waals surface area contributed by atoms with Gasteiger partial charge in [-0.3, -0.25) is 0 Å². The first kappa shape index (κ1) is 10.1. The Bertz CT molecular complexity index is 470. The second-order valence-electron chi connectivity index (χ2n) is 3.40. The summed E-state index contributed by atoms with van der Waals surface area (Å²) in [6, 6.07) is 4.98. The molecule has 1 aromatic rings. The van der Waals surface area contributed by atoms with E-state index in [9.17, 15) is 8.42 Å². The molecule has 1 aliphatic rings.